The van der Waals surface area contributed by atoms with Crippen LogP contribution in [0.4, 0.5) is 5.69 Å². The van der Waals surface area contributed by atoms with Crippen molar-refractivity contribution in [3.8, 4) is 5.75 Å². The molecule has 0 aliphatic rings. The number of carbonyl (C=O) groups is 2. The molecule has 0 saturated heterocycles. The van der Waals surface area contributed by atoms with E-state index < -0.39 is 5.97 Å². The highest BCUT2D eigenvalue weighted by molar-refractivity contribution is 5.92. The van der Waals surface area contributed by atoms with Gasteiger partial charge in [-0.2, -0.15) is 0 Å². The van der Waals surface area contributed by atoms with E-state index in [9.17, 15) is 9.59 Å². The molecule has 0 aliphatic heterocycles. The van der Waals surface area contributed by atoms with Crippen LogP contribution in [-0.2, 0) is 27.4 Å². The van der Waals surface area contributed by atoms with Crippen LogP contribution >= 0.6 is 0 Å². The first-order valence-electron chi connectivity index (χ1n) is 8.95. The fourth-order valence-corrected chi connectivity index (χ4v) is 2.53. The number of esters is 1. The Bertz CT molecular complexity index is 893. The third-order valence-corrected chi connectivity index (χ3v) is 3.94. The van der Waals surface area contributed by atoms with Gasteiger partial charge in [-0.05, 0) is 35.4 Å². The van der Waals surface area contributed by atoms with Crippen molar-refractivity contribution in [2.24, 2.45) is 0 Å². The van der Waals surface area contributed by atoms with Crippen LogP contribution < -0.4 is 10.1 Å². The summed E-state index contributed by atoms with van der Waals surface area (Å²) in [7, 11) is 0. The number of hydrogen-bond donors (Lipinski definition) is 1. The monoisotopic (exact) mass is 375 g/mol. The minimum Gasteiger partial charge on any atom is -0.489 e. The molecule has 0 heterocycles. The molecule has 1 N–H and O–H groups in total. The van der Waals surface area contributed by atoms with Crippen molar-refractivity contribution in [2.75, 3.05) is 11.9 Å². The lowest BCUT2D eigenvalue weighted by Crippen LogP contribution is -2.21. The molecule has 5 heteroatoms. The Morgan fingerprint density at radius 1 is 0.750 bits per heavy atom. The second-order valence-electron chi connectivity index (χ2n) is 6.17. The molecule has 0 radical (unpaired) electrons. The van der Waals surface area contributed by atoms with Gasteiger partial charge in [0.25, 0.3) is 5.91 Å². The van der Waals surface area contributed by atoms with E-state index >= 15 is 0 Å². The molecule has 0 saturated carbocycles. The molecule has 3 aromatic rings. The van der Waals surface area contributed by atoms with Crippen molar-refractivity contribution >= 4 is 17.6 Å². The van der Waals surface area contributed by atoms with E-state index in [1.807, 2.05) is 60.7 Å². The first kappa shape index (κ1) is 19.2. The molecule has 0 atom stereocenters. The highest BCUT2D eigenvalue weighted by atomic mass is 16.5. The smallest absolute Gasteiger partial charge is 0.310 e. The summed E-state index contributed by atoms with van der Waals surface area (Å²) in [6, 6.07) is 26.2. The summed E-state index contributed by atoms with van der Waals surface area (Å²) in [5.74, 6) is -0.124. The maximum Gasteiger partial charge on any atom is 0.310 e. The minimum absolute atomic E-state index is 0.140. The summed E-state index contributed by atoms with van der Waals surface area (Å²) in [4.78, 5) is 23.7. The van der Waals surface area contributed by atoms with Crippen molar-refractivity contribution in [1.29, 1.82) is 0 Å². The van der Waals surface area contributed by atoms with Crippen molar-refractivity contribution in [1.82, 2.24) is 0 Å². The predicted molar refractivity (Wildman–Crippen MR) is 107 cm³/mol. The summed E-state index contributed by atoms with van der Waals surface area (Å²) in [6.45, 7) is 0.155. The standard InChI is InChI=1S/C23H21NO4/c25-22(17-28-23(26)15-18-7-3-1-4-8-18)24-20-11-13-21(14-12-20)27-16-19-9-5-2-6-10-19/h1-14H,15-17H2,(H,24,25). The lowest BCUT2D eigenvalue weighted by atomic mass is 10.2. The van der Waals surface area contributed by atoms with E-state index in [1.165, 1.54) is 0 Å². The van der Waals surface area contributed by atoms with Crippen molar-refractivity contribution in [3.05, 3.63) is 96.1 Å². The van der Waals surface area contributed by atoms with Gasteiger partial charge in [0.05, 0.1) is 6.42 Å². The fourth-order valence-electron chi connectivity index (χ4n) is 2.53. The van der Waals surface area contributed by atoms with E-state index in [-0.39, 0.29) is 18.9 Å². The van der Waals surface area contributed by atoms with Crippen LogP contribution in [0.25, 0.3) is 0 Å². The Balaban J connectivity index is 1.40. The van der Waals surface area contributed by atoms with Gasteiger partial charge in [0.1, 0.15) is 12.4 Å². The van der Waals surface area contributed by atoms with Gasteiger partial charge in [0, 0.05) is 5.69 Å². The normalized spacial score (nSPS) is 10.1. The largest absolute Gasteiger partial charge is 0.489 e. The van der Waals surface area contributed by atoms with Crippen LogP contribution in [0.3, 0.4) is 0 Å². The van der Waals surface area contributed by atoms with Gasteiger partial charge in [-0.1, -0.05) is 60.7 Å². The Kier molecular flexibility index (Phi) is 6.79. The Morgan fingerprint density at radius 3 is 2.00 bits per heavy atom. The lowest BCUT2D eigenvalue weighted by Gasteiger charge is -2.09. The molecule has 1 amide bonds. The van der Waals surface area contributed by atoms with E-state index in [1.54, 1.807) is 24.3 Å². The van der Waals surface area contributed by atoms with Gasteiger partial charge in [0.2, 0.25) is 0 Å². The summed E-state index contributed by atoms with van der Waals surface area (Å²) in [5, 5.41) is 2.69. The van der Waals surface area contributed by atoms with Crippen molar-refractivity contribution in [3.63, 3.8) is 0 Å². The van der Waals surface area contributed by atoms with Gasteiger partial charge >= 0.3 is 5.97 Å². The zero-order valence-electron chi connectivity index (χ0n) is 15.3. The molecule has 0 spiro atoms. The van der Waals surface area contributed by atoms with E-state index in [0.29, 0.717) is 18.0 Å². The number of rotatable bonds is 8. The average Bonchev–Trinajstić information content (AvgIpc) is 2.73. The number of amides is 1. The first-order valence-corrected chi connectivity index (χ1v) is 8.95. The van der Waals surface area contributed by atoms with E-state index in [2.05, 4.69) is 5.32 Å². The molecule has 3 rings (SSSR count). The van der Waals surface area contributed by atoms with Crippen LogP contribution in [0.2, 0.25) is 0 Å². The molecule has 28 heavy (non-hydrogen) atoms. The second-order valence-corrected chi connectivity index (χ2v) is 6.17. The number of nitrogens with one attached hydrogen (secondary N) is 1. The van der Waals surface area contributed by atoms with Gasteiger partial charge in [-0.25, -0.2) is 0 Å². The van der Waals surface area contributed by atoms with Crippen LogP contribution in [0, 0.1) is 0 Å². The van der Waals surface area contributed by atoms with Crippen LogP contribution in [0.15, 0.2) is 84.9 Å². The highest BCUT2D eigenvalue weighted by Gasteiger charge is 2.09. The third-order valence-electron chi connectivity index (χ3n) is 3.94. The molecule has 5 nitrogen and oxygen atoms in total. The average molecular weight is 375 g/mol. The summed E-state index contributed by atoms with van der Waals surface area (Å²) >= 11 is 0. The maximum atomic E-state index is 11.9. The van der Waals surface area contributed by atoms with Crippen LogP contribution in [-0.4, -0.2) is 18.5 Å². The number of benzene rings is 3. The topological polar surface area (TPSA) is 64.6 Å². The van der Waals surface area contributed by atoms with Gasteiger partial charge < -0.3 is 14.8 Å². The van der Waals surface area contributed by atoms with Crippen molar-refractivity contribution < 1.29 is 19.1 Å². The summed E-state index contributed by atoms with van der Waals surface area (Å²) in [5.41, 5.74) is 2.53. The Labute approximate surface area is 163 Å². The minimum atomic E-state index is -0.439. The highest BCUT2D eigenvalue weighted by Crippen LogP contribution is 2.17. The van der Waals surface area contributed by atoms with Crippen LogP contribution in [0.5, 0.6) is 5.75 Å². The van der Waals surface area contributed by atoms with Gasteiger partial charge in [0.15, 0.2) is 6.61 Å². The number of hydrogen-bond acceptors (Lipinski definition) is 4. The quantitative estimate of drug-likeness (QED) is 0.605. The molecule has 0 aromatic heterocycles. The maximum absolute atomic E-state index is 11.9. The van der Waals surface area contributed by atoms with E-state index in [4.69, 9.17) is 9.47 Å². The first-order chi connectivity index (χ1) is 13.7. The van der Waals surface area contributed by atoms with Gasteiger partial charge in [-0.15, -0.1) is 0 Å². The second kappa shape index (κ2) is 9.92. The van der Waals surface area contributed by atoms with Gasteiger partial charge in [-0.3, -0.25) is 9.59 Å². The SMILES string of the molecule is O=C(COC(=O)Cc1ccccc1)Nc1ccc(OCc2ccccc2)cc1. The zero-order chi connectivity index (χ0) is 19.6. The third kappa shape index (κ3) is 6.29. The summed E-state index contributed by atoms with van der Waals surface area (Å²) < 4.78 is 10.7. The number of anilines is 1. The Morgan fingerprint density at radius 2 is 1.36 bits per heavy atom. The zero-order valence-corrected chi connectivity index (χ0v) is 15.3. The molecule has 0 unspecified atom stereocenters. The fraction of sp³-hybridized carbons (Fsp3) is 0.130. The molecule has 3 aromatic carbocycles. The van der Waals surface area contributed by atoms with E-state index in [0.717, 1.165) is 11.1 Å². The number of ether oxygens (including phenoxy) is 2. The molecule has 142 valence electrons. The lowest BCUT2D eigenvalue weighted by molar-refractivity contribution is -0.146. The number of carbonyl (C=O) groups excluding carboxylic acids is 2. The molecule has 0 fully saturated rings. The van der Waals surface area contributed by atoms with Crippen LogP contribution in [0.1, 0.15) is 11.1 Å². The molecular weight excluding hydrogens is 354 g/mol. The summed E-state index contributed by atoms with van der Waals surface area (Å²) in [6.07, 6.45) is 0.140. The molecular formula is C23H21NO4. The molecule has 0 bridgehead atoms. The predicted octanol–water partition coefficient (Wildman–Crippen LogP) is 3.99. The molecule has 0 aliphatic carbocycles. The van der Waals surface area contributed by atoms with Crippen molar-refractivity contribution in [2.45, 2.75) is 13.0 Å². The Hall–Kier alpha value is -3.60.